The fraction of sp³-hybridized carbons (Fsp3) is 0.364. The number of nitrogen functional groups attached to an aromatic ring is 1. The largest absolute Gasteiger partial charge is 0.490 e. The van der Waals surface area contributed by atoms with Gasteiger partial charge in [-0.15, -0.1) is 0 Å². The molecule has 0 radical (unpaired) electrons. The van der Waals surface area contributed by atoms with Crippen LogP contribution in [-0.2, 0) is 11.3 Å². The molecule has 0 spiro atoms. The van der Waals surface area contributed by atoms with E-state index < -0.39 is 0 Å². The highest BCUT2D eigenvalue weighted by atomic mass is 16.5. The third kappa shape index (κ3) is 4.11. The summed E-state index contributed by atoms with van der Waals surface area (Å²) in [5.41, 5.74) is 8.69. The SMILES string of the molecule is Cc1cc(N)c2c(O[C@H]3CC[C@H](NC(=O)Cn4cccc4)CC3)cccc2n1. The van der Waals surface area contributed by atoms with Gasteiger partial charge in [-0.2, -0.15) is 0 Å². The zero-order valence-corrected chi connectivity index (χ0v) is 16.1. The van der Waals surface area contributed by atoms with Crippen LogP contribution in [0.1, 0.15) is 31.4 Å². The number of aromatic nitrogens is 2. The molecule has 1 amide bonds. The smallest absolute Gasteiger partial charge is 0.240 e. The first-order valence-corrected chi connectivity index (χ1v) is 9.81. The van der Waals surface area contributed by atoms with Crippen LogP contribution in [0, 0.1) is 6.92 Å². The fourth-order valence-corrected chi connectivity index (χ4v) is 3.94. The van der Waals surface area contributed by atoms with E-state index >= 15 is 0 Å². The molecule has 0 aliphatic heterocycles. The molecule has 1 aromatic carbocycles. The number of benzene rings is 1. The molecule has 6 heteroatoms. The number of fused-ring (bicyclic) bond motifs is 1. The van der Waals surface area contributed by atoms with Gasteiger partial charge in [-0.05, 0) is 62.9 Å². The highest BCUT2D eigenvalue weighted by Gasteiger charge is 2.24. The quantitative estimate of drug-likeness (QED) is 0.713. The van der Waals surface area contributed by atoms with Crippen molar-refractivity contribution in [3.8, 4) is 5.75 Å². The first-order chi connectivity index (χ1) is 13.6. The number of hydrogen-bond donors (Lipinski definition) is 2. The Morgan fingerprint density at radius 2 is 1.96 bits per heavy atom. The Morgan fingerprint density at radius 1 is 1.21 bits per heavy atom. The van der Waals surface area contributed by atoms with Crippen LogP contribution in [-0.4, -0.2) is 27.6 Å². The van der Waals surface area contributed by atoms with Crippen LogP contribution in [0.3, 0.4) is 0 Å². The number of rotatable bonds is 5. The molecule has 4 rings (SSSR count). The van der Waals surface area contributed by atoms with Crippen LogP contribution in [0.4, 0.5) is 5.69 Å². The van der Waals surface area contributed by atoms with Gasteiger partial charge in [0.05, 0.1) is 17.0 Å². The van der Waals surface area contributed by atoms with Crippen molar-refractivity contribution in [2.24, 2.45) is 0 Å². The van der Waals surface area contributed by atoms with E-state index in [1.165, 1.54) is 0 Å². The Labute approximate surface area is 164 Å². The number of amides is 1. The molecule has 28 heavy (non-hydrogen) atoms. The van der Waals surface area contributed by atoms with Gasteiger partial charge in [-0.1, -0.05) is 6.07 Å². The molecule has 1 aliphatic rings. The number of ether oxygens (including phenoxy) is 1. The summed E-state index contributed by atoms with van der Waals surface area (Å²) >= 11 is 0. The van der Waals surface area contributed by atoms with Gasteiger partial charge in [0.15, 0.2) is 0 Å². The van der Waals surface area contributed by atoms with Gasteiger partial charge >= 0.3 is 0 Å². The minimum absolute atomic E-state index is 0.0591. The average molecular weight is 378 g/mol. The van der Waals surface area contributed by atoms with E-state index in [4.69, 9.17) is 10.5 Å². The Hall–Kier alpha value is -3.02. The molecule has 0 unspecified atom stereocenters. The molecule has 0 atom stereocenters. The van der Waals surface area contributed by atoms with Crippen LogP contribution < -0.4 is 15.8 Å². The summed E-state index contributed by atoms with van der Waals surface area (Å²) in [6.07, 6.45) is 7.57. The zero-order chi connectivity index (χ0) is 19.5. The number of carbonyl (C=O) groups is 1. The third-order valence-electron chi connectivity index (χ3n) is 5.28. The van der Waals surface area contributed by atoms with E-state index in [1.807, 2.05) is 60.3 Å². The number of aryl methyl sites for hydroxylation is 1. The Morgan fingerprint density at radius 3 is 2.71 bits per heavy atom. The molecule has 146 valence electrons. The monoisotopic (exact) mass is 378 g/mol. The number of pyridine rings is 1. The van der Waals surface area contributed by atoms with Crippen molar-refractivity contribution in [2.45, 2.75) is 51.3 Å². The van der Waals surface area contributed by atoms with Gasteiger partial charge in [0, 0.05) is 29.8 Å². The van der Waals surface area contributed by atoms with Crippen molar-refractivity contribution in [2.75, 3.05) is 5.73 Å². The summed E-state index contributed by atoms with van der Waals surface area (Å²) in [6.45, 7) is 2.31. The average Bonchev–Trinajstić information content (AvgIpc) is 3.16. The molecule has 6 nitrogen and oxygen atoms in total. The van der Waals surface area contributed by atoms with Crippen molar-refractivity contribution in [3.05, 3.63) is 54.5 Å². The summed E-state index contributed by atoms with van der Waals surface area (Å²) in [6, 6.07) is 11.8. The molecular weight excluding hydrogens is 352 g/mol. The predicted octanol–water partition coefficient (Wildman–Crippen LogP) is 3.43. The number of hydrogen-bond acceptors (Lipinski definition) is 4. The maximum atomic E-state index is 12.2. The lowest BCUT2D eigenvalue weighted by Gasteiger charge is -2.30. The van der Waals surface area contributed by atoms with Gasteiger partial charge in [0.1, 0.15) is 12.3 Å². The van der Waals surface area contributed by atoms with Crippen molar-refractivity contribution < 1.29 is 9.53 Å². The molecule has 1 aliphatic carbocycles. The number of nitrogens with zero attached hydrogens (tertiary/aromatic N) is 2. The second kappa shape index (κ2) is 7.92. The lowest BCUT2D eigenvalue weighted by Crippen LogP contribution is -2.41. The number of anilines is 1. The zero-order valence-electron chi connectivity index (χ0n) is 16.1. The molecule has 2 heterocycles. The first-order valence-electron chi connectivity index (χ1n) is 9.81. The van der Waals surface area contributed by atoms with Crippen molar-refractivity contribution in [1.82, 2.24) is 14.9 Å². The van der Waals surface area contributed by atoms with Crippen LogP contribution in [0.2, 0.25) is 0 Å². The maximum Gasteiger partial charge on any atom is 0.240 e. The van der Waals surface area contributed by atoms with Gasteiger partial charge in [-0.25, -0.2) is 0 Å². The molecular formula is C22H26N4O2. The van der Waals surface area contributed by atoms with Crippen molar-refractivity contribution in [3.63, 3.8) is 0 Å². The van der Waals surface area contributed by atoms with E-state index in [0.29, 0.717) is 12.2 Å². The topological polar surface area (TPSA) is 82.2 Å². The fourth-order valence-electron chi connectivity index (χ4n) is 3.94. The Bertz CT molecular complexity index is 960. The summed E-state index contributed by atoms with van der Waals surface area (Å²) in [5, 5.41) is 4.03. The summed E-state index contributed by atoms with van der Waals surface area (Å²) < 4.78 is 8.17. The van der Waals surface area contributed by atoms with Gasteiger partial charge < -0.3 is 20.4 Å². The summed E-state index contributed by atoms with van der Waals surface area (Å²) in [5.74, 6) is 0.853. The van der Waals surface area contributed by atoms with Gasteiger partial charge in [0.2, 0.25) is 5.91 Å². The van der Waals surface area contributed by atoms with Crippen molar-refractivity contribution >= 4 is 22.5 Å². The number of nitrogens with two attached hydrogens (primary N) is 1. The normalized spacial score (nSPS) is 19.5. The highest BCUT2D eigenvalue weighted by Crippen LogP contribution is 2.33. The van der Waals surface area contributed by atoms with Gasteiger partial charge in [0.25, 0.3) is 0 Å². The molecule has 2 aromatic heterocycles. The summed E-state index contributed by atoms with van der Waals surface area (Å²) in [4.78, 5) is 16.7. The van der Waals surface area contributed by atoms with Crippen LogP contribution in [0.15, 0.2) is 48.8 Å². The molecule has 0 bridgehead atoms. The molecule has 3 N–H and O–H groups in total. The Balaban J connectivity index is 1.35. The third-order valence-corrected chi connectivity index (χ3v) is 5.28. The van der Waals surface area contributed by atoms with Crippen LogP contribution in [0.25, 0.3) is 10.9 Å². The predicted molar refractivity (Wildman–Crippen MR) is 110 cm³/mol. The van der Waals surface area contributed by atoms with Crippen LogP contribution >= 0.6 is 0 Å². The molecule has 1 fully saturated rings. The lowest BCUT2D eigenvalue weighted by atomic mass is 9.93. The highest BCUT2D eigenvalue weighted by molar-refractivity contribution is 5.95. The minimum atomic E-state index is 0.0591. The van der Waals surface area contributed by atoms with Crippen molar-refractivity contribution in [1.29, 1.82) is 0 Å². The van der Waals surface area contributed by atoms with E-state index in [-0.39, 0.29) is 18.1 Å². The second-order valence-electron chi connectivity index (χ2n) is 7.52. The first kappa shape index (κ1) is 18.3. The number of nitrogens with one attached hydrogen (secondary N) is 1. The minimum Gasteiger partial charge on any atom is -0.490 e. The van der Waals surface area contributed by atoms with Gasteiger partial charge in [-0.3, -0.25) is 9.78 Å². The standard InChI is InChI=1S/C22H26N4O2/c1-15-13-18(23)22-19(24-15)5-4-6-20(22)28-17-9-7-16(8-10-17)25-21(27)14-26-11-2-3-12-26/h2-6,11-13,16-17H,7-10,14H2,1H3,(H2,23,24)(H,25,27)/t16-,17-. The maximum absolute atomic E-state index is 12.2. The van der Waals surface area contributed by atoms with E-state index in [1.54, 1.807) is 0 Å². The second-order valence-corrected chi connectivity index (χ2v) is 7.52. The molecule has 3 aromatic rings. The molecule has 0 saturated heterocycles. The lowest BCUT2D eigenvalue weighted by molar-refractivity contribution is -0.122. The van der Waals surface area contributed by atoms with Crippen LogP contribution in [0.5, 0.6) is 5.75 Å². The van der Waals surface area contributed by atoms with E-state index in [0.717, 1.165) is 48.0 Å². The number of carbonyl (C=O) groups excluding carboxylic acids is 1. The summed E-state index contributed by atoms with van der Waals surface area (Å²) in [7, 11) is 0. The molecule has 1 saturated carbocycles. The Kier molecular flexibility index (Phi) is 5.19. The van der Waals surface area contributed by atoms with E-state index in [9.17, 15) is 4.79 Å². The van der Waals surface area contributed by atoms with E-state index in [2.05, 4.69) is 10.3 Å².